The van der Waals surface area contributed by atoms with Crippen LogP contribution in [0.3, 0.4) is 0 Å². The van der Waals surface area contributed by atoms with Crippen molar-refractivity contribution in [2.75, 3.05) is 7.11 Å². The molecule has 1 unspecified atom stereocenters. The van der Waals surface area contributed by atoms with E-state index >= 15 is 0 Å². The third-order valence-electron chi connectivity index (χ3n) is 0.815. The van der Waals surface area contributed by atoms with Crippen LogP contribution in [-0.4, -0.2) is 24.4 Å². The topological polar surface area (TPSA) is 58.6 Å². The van der Waals surface area contributed by atoms with Crippen LogP contribution in [0.15, 0.2) is 12.3 Å². The van der Waals surface area contributed by atoms with Gasteiger partial charge >= 0.3 is 5.97 Å². The van der Waals surface area contributed by atoms with E-state index in [4.69, 9.17) is 5.11 Å². The minimum absolute atomic E-state index is 0.0532. The fourth-order valence-electron chi connectivity index (χ4n) is 0.434. The lowest BCUT2D eigenvalue weighted by atomic mass is 10.5. The summed E-state index contributed by atoms with van der Waals surface area (Å²) >= 11 is 0. The van der Waals surface area contributed by atoms with Crippen molar-refractivity contribution in [2.24, 2.45) is 0 Å². The Bertz CT molecular complexity index is 142. The number of ether oxygens (including phenoxy) is 1. The van der Waals surface area contributed by atoms with E-state index in [9.17, 15) is 4.79 Å². The van der Waals surface area contributed by atoms with Crippen molar-refractivity contribution in [1.29, 1.82) is 0 Å². The summed E-state index contributed by atoms with van der Waals surface area (Å²) in [5.74, 6) is -0.569. The number of rotatable bonds is 3. The predicted octanol–water partition coefficient (Wildman–Crippen LogP) is -0.399. The van der Waals surface area contributed by atoms with Crippen molar-refractivity contribution in [3.8, 4) is 0 Å². The lowest BCUT2D eigenvalue weighted by Gasteiger charge is -2.08. The molecule has 0 saturated carbocycles. The molecular weight excluding hydrogens is 134 g/mol. The predicted molar refractivity (Wildman–Crippen MR) is 36.0 cm³/mol. The number of methoxy groups -OCH3 is 1. The molecule has 4 nitrogen and oxygen atoms in total. The molecule has 0 spiro atoms. The molecule has 0 radical (unpaired) electrons. The van der Waals surface area contributed by atoms with E-state index in [1.165, 1.54) is 14.0 Å². The number of carbonyl (C=O) groups excluding carboxylic acids is 1. The molecule has 58 valence electrons. The first kappa shape index (κ1) is 8.97. The molecule has 0 amide bonds. The van der Waals surface area contributed by atoms with Crippen molar-refractivity contribution in [3.63, 3.8) is 0 Å². The van der Waals surface area contributed by atoms with Crippen LogP contribution < -0.4 is 5.32 Å². The van der Waals surface area contributed by atoms with E-state index in [1.54, 1.807) is 0 Å². The van der Waals surface area contributed by atoms with Gasteiger partial charge in [0.1, 0.15) is 11.9 Å². The molecule has 1 atom stereocenters. The fourth-order valence-corrected chi connectivity index (χ4v) is 0.434. The SMILES string of the molecule is C=C(NC(C)O)C(=O)OC. The van der Waals surface area contributed by atoms with E-state index in [1.807, 2.05) is 0 Å². The van der Waals surface area contributed by atoms with Crippen LogP contribution in [-0.2, 0) is 9.53 Å². The number of carbonyl (C=O) groups is 1. The Morgan fingerprint density at radius 3 is 2.60 bits per heavy atom. The smallest absolute Gasteiger partial charge is 0.353 e. The molecule has 0 fully saturated rings. The van der Waals surface area contributed by atoms with Gasteiger partial charge in [-0.15, -0.1) is 0 Å². The van der Waals surface area contributed by atoms with Crippen molar-refractivity contribution in [1.82, 2.24) is 5.32 Å². The first-order valence-electron chi connectivity index (χ1n) is 2.79. The van der Waals surface area contributed by atoms with Crippen LogP contribution in [0.4, 0.5) is 0 Å². The van der Waals surface area contributed by atoms with Gasteiger partial charge in [-0.3, -0.25) is 0 Å². The zero-order valence-electron chi connectivity index (χ0n) is 6.05. The number of hydrogen-bond donors (Lipinski definition) is 2. The molecule has 4 heteroatoms. The molecule has 0 rings (SSSR count). The molecule has 0 bridgehead atoms. The maximum atomic E-state index is 10.6. The maximum absolute atomic E-state index is 10.6. The molecule has 0 heterocycles. The number of esters is 1. The highest BCUT2D eigenvalue weighted by Crippen LogP contribution is 1.88. The summed E-state index contributed by atoms with van der Waals surface area (Å²) in [6.07, 6.45) is -0.786. The van der Waals surface area contributed by atoms with E-state index in [-0.39, 0.29) is 5.70 Å². The van der Waals surface area contributed by atoms with Crippen molar-refractivity contribution in [2.45, 2.75) is 13.2 Å². The van der Waals surface area contributed by atoms with Gasteiger partial charge in [0.15, 0.2) is 0 Å². The zero-order valence-corrected chi connectivity index (χ0v) is 6.05. The molecule has 0 aromatic carbocycles. The minimum atomic E-state index is -0.786. The molecule has 0 aromatic rings. The average molecular weight is 145 g/mol. The third kappa shape index (κ3) is 3.09. The summed E-state index contributed by atoms with van der Waals surface area (Å²) in [6, 6.07) is 0. The minimum Gasteiger partial charge on any atom is -0.464 e. The number of hydrogen-bond acceptors (Lipinski definition) is 4. The summed E-state index contributed by atoms with van der Waals surface area (Å²) < 4.78 is 4.30. The second-order valence-corrected chi connectivity index (χ2v) is 1.79. The van der Waals surface area contributed by atoms with Crippen LogP contribution >= 0.6 is 0 Å². The lowest BCUT2D eigenvalue weighted by Crippen LogP contribution is -2.28. The van der Waals surface area contributed by atoms with Crippen LogP contribution in [0.25, 0.3) is 0 Å². The Hall–Kier alpha value is -1.03. The Morgan fingerprint density at radius 1 is 1.80 bits per heavy atom. The van der Waals surface area contributed by atoms with Crippen molar-refractivity contribution in [3.05, 3.63) is 12.3 Å². The van der Waals surface area contributed by atoms with E-state index in [2.05, 4.69) is 16.6 Å². The first-order chi connectivity index (χ1) is 4.57. The molecular formula is C6H11NO3. The Balaban J connectivity index is 3.74. The Labute approximate surface area is 59.5 Å². The highest BCUT2D eigenvalue weighted by molar-refractivity contribution is 5.86. The van der Waals surface area contributed by atoms with Gasteiger partial charge in [0.05, 0.1) is 7.11 Å². The van der Waals surface area contributed by atoms with Crippen LogP contribution in [0.5, 0.6) is 0 Å². The molecule has 0 aliphatic heterocycles. The molecule has 2 N–H and O–H groups in total. The van der Waals surface area contributed by atoms with Crippen LogP contribution in [0.2, 0.25) is 0 Å². The Kier molecular flexibility index (Phi) is 3.49. The van der Waals surface area contributed by atoms with Crippen LogP contribution in [0, 0.1) is 0 Å². The number of nitrogens with one attached hydrogen (secondary N) is 1. The highest BCUT2D eigenvalue weighted by atomic mass is 16.5. The molecule has 10 heavy (non-hydrogen) atoms. The highest BCUT2D eigenvalue weighted by Gasteiger charge is 2.06. The van der Waals surface area contributed by atoms with Gasteiger partial charge in [0.25, 0.3) is 0 Å². The van der Waals surface area contributed by atoms with Gasteiger partial charge in [-0.1, -0.05) is 6.58 Å². The van der Waals surface area contributed by atoms with Crippen molar-refractivity contribution < 1.29 is 14.6 Å². The lowest BCUT2D eigenvalue weighted by molar-refractivity contribution is -0.136. The van der Waals surface area contributed by atoms with E-state index in [0.29, 0.717) is 0 Å². The average Bonchev–Trinajstić information content (AvgIpc) is 1.85. The molecule has 0 aliphatic carbocycles. The number of aliphatic hydroxyl groups is 1. The quantitative estimate of drug-likeness (QED) is 0.322. The summed E-state index contributed by atoms with van der Waals surface area (Å²) in [7, 11) is 1.25. The van der Waals surface area contributed by atoms with Gasteiger partial charge in [-0.05, 0) is 6.92 Å². The van der Waals surface area contributed by atoms with Crippen LogP contribution in [0.1, 0.15) is 6.92 Å². The second kappa shape index (κ2) is 3.90. The molecule has 0 aromatic heterocycles. The summed E-state index contributed by atoms with van der Waals surface area (Å²) in [5, 5.41) is 11.1. The third-order valence-corrected chi connectivity index (χ3v) is 0.815. The van der Waals surface area contributed by atoms with E-state index in [0.717, 1.165) is 0 Å². The van der Waals surface area contributed by atoms with Gasteiger partial charge in [-0.25, -0.2) is 4.79 Å². The summed E-state index contributed by atoms with van der Waals surface area (Å²) in [5.41, 5.74) is 0.0532. The zero-order chi connectivity index (χ0) is 8.15. The van der Waals surface area contributed by atoms with Gasteiger partial charge in [-0.2, -0.15) is 0 Å². The first-order valence-corrected chi connectivity index (χ1v) is 2.79. The van der Waals surface area contributed by atoms with Crippen molar-refractivity contribution >= 4 is 5.97 Å². The summed E-state index contributed by atoms with van der Waals surface area (Å²) in [6.45, 7) is 4.80. The normalized spacial score (nSPS) is 11.9. The van der Waals surface area contributed by atoms with Gasteiger partial charge in [0, 0.05) is 0 Å². The molecule has 0 saturated heterocycles. The number of aliphatic hydroxyl groups excluding tert-OH is 1. The fraction of sp³-hybridized carbons (Fsp3) is 0.500. The summed E-state index contributed by atoms with van der Waals surface area (Å²) in [4.78, 5) is 10.6. The standard InChI is InChI=1S/C6H11NO3/c1-4(6(9)10-3)7-5(2)8/h5,7-8H,1H2,2-3H3. The largest absolute Gasteiger partial charge is 0.464 e. The van der Waals surface area contributed by atoms with Gasteiger partial charge < -0.3 is 15.2 Å². The Morgan fingerprint density at radius 2 is 2.30 bits per heavy atom. The monoisotopic (exact) mass is 145 g/mol. The van der Waals surface area contributed by atoms with E-state index < -0.39 is 12.2 Å². The van der Waals surface area contributed by atoms with Gasteiger partial charge in [0.2, 0.25) is 0 Å². The molecule has 0 aliphatic rings. The second-order valence-electron chi connectivity index (χ2n) is 1.79. The maximum Gasteiger partial charge on any atom is 0.353 e.